The molecule has 1 saturated heterocycles. The molecule has 28 heavy (non-hydrogen) atoms. The first-order chi connectivity index (χ1) is 13.2. The molecule has 1 aliphatic rings. The fourth-order valence-electron chi connectivity index (χ4n) is 3.07. The molecule has 1 fully saturated rings. The number of aromatic nitrogens is 1. The van der Waals surface area contributed by atoms with Crippen LogP contribution in [-0.2, 0) is 0 Å². The maximum absolute atomic E-state index is 12.0. The van der Waals surface area contributed by atoms with Crippen molar-refractivity contribution >= 4 is 35.8 Å². The lowest BCUT2D eigenvalue weighted by atomic mass is 9.99. The number of aliphatic imine (C=N–C) groups is 1. The Labute approximate surface area is 186 Å². The monoisotopic (exact) mass is 502 g/mol. The van der Waals surface area contributed by atoms with E-state index in [1.165, 1.54) is 25.9 Å². The van der Waals surface area contributed by atoms with Gasteiger partial charge in [0.05, 0.1) is 5.56 Å². The summed E-state index contributed by atoms with van der Waals surface area (Å²) in [5.74, 6) is 1.57. The Morgan fingerprint density at radius 3 is 2.68 bits per heavy atom. The molecule has 0 aromatic carbocycles. The van der Waals surface area contributed by atoms with Crippen molar-refractivity contribution in [3.05, 3.63) is 30.1 Å². The SMILES string of the molecule is CCNC(=NCCCN1CCC(C)CC1)NCCNC(=O)c1cccnc1.I. The zero-order chi connectivity index (χ0) is 19.3. The van der Waals surface area contributed by atoms with Crippen LogP contribution in [0.5, 0.6) is 0 Å². The Morgan fingerprint density at radius 2 is 2.00 bits per heavy atom. The largest absolute Gasteiger partial charge is 0.357 e. The van der Waals surface area contributed by atoms with Crippen molar-refractivity contribution in [3.63, 3.8) is 0 Å². The van der Waals surface area contributed by atoms with Crippen LogP contribution < -0.4 is 16.0 Å². The highest BCUT2D eigenvalue weighted by Gasteiger charge is 2.14. The van der Waals surface area contributed by atoms with E-state index in [9.17, 15) is 4.79 Å². The maximum atomic E-state index is 12.0. The minimum absolute atomic E-state index is 0. The Hall–Kier alpha value is -1.42. The zero-order valence-corrected chi connectivity index (χ0v) is 19.4. The number of pyridine rings is 1. The molecule has 0 atom stereocenters. The summed E-state index contributed by atoms with van der Waals surface area (Å²) in [7, 11) is 0. The Kier molecular flexibility index (Phi) is 12.8. The summed E-state index contributed by atoms with van der Waals surface area (Å²) in [5, 5.41) is 9.40. The number of halogens is 1. The van der Waals surface area contributed by atoms with Gasteiger partial charge in [0.15, 0.2) is 5.96 Å². The second kappa shape index (κ2) is 14.6. The van der Waals surface area contributed by atoms with Crippen LogP contribution in [0, 0.1) is 5.92 Å². The highest BCUT2D eigenvalue weighted by molar-refractivity contribution is 14.0. The number of hydrogen-bond donors (Lipinski definition) is 3. The molecular weight excluding hydrogens is 467 g/mol. The molecule has 0 radical (unpaired) electrons. The van der Waals surface area contributed by atoms with Gasteiger partial charge in [-0.1, -0.05) is 6.92 Å². The summed E-state index contributed by atoms with van der Waals surface area (Å²) in [6.07, 6.45) is 6.93. The zero-order valence-electron chi connectivity index (χ0n) is 17.1. The van der Waals surface area contributed by atoms with E-state index >= 15 is 0 Å². The van der Waals surface area contributed by atoms with Crippen LogP contribution >= 0.6 is 24.0 Å². The van der Waals surface area contributed by atoms with Gasteiger partial charge < -0.3 is 20.9 Å². The van der Waals surface area contributed by atoms with Crippen LogP contribution in [0.4, 0.5) is 0 Å². The predicted molar refractivity (Wildman–Crippen MR) is 125 cm³/mol. The first-order valence-corrected chi connectivity index (χ1v) is 10.1. The molecule has 1 amide bonds. The lowest BCUT2D eigenvalue weighted by Crippen LogP contribution is -2.41. The van der Waals surface area contributed by atoms with Gasteiger partial charge in [0.1, 0.15) is 0 Å². The average molecular weight is 502 g/mol. The molecule has 0 bridgehead atoms. The normalized spacial score (nSPS) is 15.6. The number of amides is 1. The summed E-state index contributed by atoms with van der Waals surface area (Å²) >= 11 is 0. The van der Waals surface area contributed by atoms with E-state index in [2.05, 4.69) is 44.7 Å². The molecule has 0 saturated carbocycles. The van der Waals surface area contributed by atoms with Gasteiger partial charge in [-0.15, -0.1) is 24.0 Å². The standard InChI is InChI=1S/C20H34N6O.HI/c1-3-22-20(24-10-5-13-26-14-7-17(2)8-15-26)25-12-11-23-19(27)18-6-4-9-21-16-18;/h4,6,9,16-17H,3,5,7-8,10-15H2,1-2H3,(H,23,27)(H2,22,24,25);1H. The third-order valence-corrected chi connectivity index (χ3v) is 4.75. The molecule has 7 nitrogen and oxygen atoms in total. The first-order valence-electron chi connectivity index (χ1n) is 10.1. The van der Waals surface area contributed by atoms with E-state index in [4.69, 9.17) is 0 Å². The second-order valence-corrected chi connectivity index (χ2v) is 7.06. The van der Waals surface area contributed by atoms with Crippen LogP contribution in [0.2, 0.25) is 0 Å². The minimum Gasteiger partial charge on any atom is -0.357 e. The van der Waals surface area contributed by atoms with E-state index < -0.39 is 0 Å². The summed E-state index contributed by atoms with van der Waals surface area (Å²) < 4.78 is 0. The molecular formula is C20H35IN6O. The number of nitrogens with one attached hydrogen (secondary N) is 3. The molecule has 0 spiro atoms. The Balaban J connectivity index is 0.00000392. The van der Waals surface area contributed by atoms with Crippen molar-refractivity contribution in [1.82, 2.24) is 25.8 Å². The van der Waals surface area contributed by atoms with Crippen LogP contribution in [-0.4, -0.2) is 67.6 Å². The van der Waals surface area contributed by atoms with Gasteiger partial charge >= 0.3 is 0 Å². The van der Waals surface area contributed by atoms with Gasteiger partial charge in [0.2, 0.25) is 0 Å². The molecule has 1 aromatic heterocycles. The highest BCUT2D eigenvalue weighted by atomic mass is 127. The molecule has 158 valence electrons. The second-order valence-electron chi connectivity index (χ2n) is 7.06. The smallest absolute Gasteiger partial charge is 0.252 e. The number of piperidine rings is 1. The van der Waals surface area contributed by atoms with Crippen LogP contribution in [0.15, 0.2) is 29.5 Å². The molecule has 1 aliphatic heterocycles. The van der Waals surface area contributed by atoms with E-state index in [1.54, 1.807) is 24.5 Å². The minimum atomic E-state index is -0.109. The van der Waals surface area contributed by atoms with Crippen molar-refractivity contribution < 1.29 is 4.79 Å². The van der Waals surface area contributed by atoms with Crippen LogP contribution in [0.25, 0.3) is 0 Å². The predicted octanol–water partition coefficient (Wildman–Crippen LogP) is 2.11. The lowest BCUT2D eigenvalue weighted by Gasteiger charge is -2.29. The topological polar surface area (TPSA) is 81.7 Å². The first kappa shape index (κ1) is 24.6. The van der Waals surface area contributed by atoms with Crippen molar-refractivity contribution in [3.8, 4) is 0 Å². The van der Waals surface area contributed by atoms with Gasteiger partial charge in [0.25, 0.3) is 5.91 Å². The maximum Gasteiger partial charge on any atom is 0.252 e. The van der Waals surface area contributed by atoms with Gasteiger partial charge in [0, 0.05) is 38.6 Å². The molecule has 3 N–H and O–H groups in total. The van der Waals surface area contributed by atoms with E-state index in [1.807, 2.05) is 0 Å². The third-order valence-electron chi connectivity index (χ3n) is 4.75. The number of nitrogens with zero attached hydrogens (tertiary/aromatic N) is 3. The number of carbonyl (C=O) groups excluding carboxylic acids is 1. The van der Waals surface area contributed by atoms with Crippen molar-refractivity contribution in [2.45, 2.75) is 33.1 Å². The molecule has 2 heterocycles. The number of hydrogen-bond acceptors (Lipinski definition) is 4. The fourth-order valence-corrected chi connectivity index (χ4v) is 3.07. The Morgan fingerprint density at radius 1 is 1.25 bits per heavy atom. The summed E-state index contributed by atoms with van der Waals surface area (Å²) in [6, 6.07) is 3.51. The molecule has 0 aliphatic carbocycles. The Bertz CT molecular complexity index is 575. The summed E-state index contributed by atoms with van der Waals surface area (Å²) in [5.41, 5.74) is 0.574. The number of carbonyl (C=O) groups is 1. The average Bonchev–Trinajstić information content (AvgIpc) is 2.70. The number of likely N-dealkylation sites (tertiary alicyclic amines) is 1. The molecule has 8 heteroatoms. The molecule has 0 unspecified atom stereocenters. The summed E-state index contributed by atoms with van der Waals surface area (Å²) in [6.45, 7) is 10.7. The van der Waals surface area contributed by atoms with Gasteiger partial charge in [-0.2, -0.15) is 0 Å². The van der Waals surface area contributed by atoms with Gasteiger partial charge in [-0.05, 0) is 63.9 Å². The van der Waals surface area contributed by atoms with E-state index in [-0.39, 0.29) is 29.9 Å². The number of guanidine groups is 1. The lowest BCUT2D eigenvalue weighted by molar-refractivity contribution is 0.0954. The van der Waals surface area contributed by atoms with Crippen molar-refractivity contribution in [2.75, 3.05) is 45.8 Å². The highest BCUT2D eigenvalue weighted by Crippen LogP contribution is 2.15. The van der Waals surface area contributed by atoms with Gasteiger partial charge in [-0.3, -0.25) is 14.8 Å². The third kappa shape index (κ3) is 9.68. The van der Waals surface area contributed by atoms with Gasteiger partial charge in [-0.25, -0.2) is 0 Å². The summed E-state index contributed by atoms with van der Waals surface area (Å²) in [4.78, 5) is 23.1. The number of rotatable bonds is 9. The molecule has 2 rings (SSSR count). The van der Waals surface area contributed by atoms with E-state index in [0.29, 0.717) is 18.7 Å². The van der Waals surface area contributed by atoms with E-state index in [0.717, 1.165) is 37.9 Å². The van der Waals surface area contributed by atoms with Crippen molar-refractivity contribution in [1.29, 1.82) is 0 Å². The molecule has 1 aromatic rings. The van der Waals surface area contributed by atoms with Crippen LogP contribution in [0.3, 0.4) is 0 Å². The van der Waals surface area contributed by atoms with Crippen molar-refractivity contribution in [2.24, 2.45) is 10.9 Å². The van der Waals surface area contributed by atoms with Crippen LogP contribution in [0.1, 0.15) is 43.5 Å². The quantitative estimate of drug-likeness (QED) is 0.209. The fraction of sp³-hybridized carbons (Fsp3) is 0.650.